The third kappa shape index (κ3) is 4.10. The van der Waals surface area contributed by atoms with Crippen LogP contribution in [-0.4, -0.2) is 46.0 Å². The van der Waals surface area contributed by atoms with Crippen molar-refractivity contribution in [3.63, 3.8) is 0 Å². The van der Waals surface area contributed by atoms with Gasteiger partial charge in [0.2, 0.25) is 5.91 Å². The van der Waals surface area contributed by atoms with E-state index in [1.54, 1.807) is 0 Å². The molecule has 1 aromatic carbocycles. The third-order valence-electron chi connectivity index (χ3n) is 3.55. The van der Waals surface area contributed by atoms with Crippen molar-refractivity contribution in [2.24, 2.45) is 0 Å². The van der Waals surface area contributed by atoms with Gasteiger partial charge in [-0.2, -0.15) is 0 Å². The van der Waals surface area contributed by atoms with Crippen molar-refractivity contribution in [2.45, 2.75) is 25.3 Å². The van der Waals surface area contributed by atoms with Gasteiger partial charge in [0.05, 0.1) is 18.0 Å². The number of hydrogen-bond acceptors (Lipinski definition) is 5. The summed E-state index contributed by atoms with van der Waals surface area (Å²) in [7, 11) is 0. The Hall–Kier alpha value is -2.35. The fraction of sp³-hybridized carbons (Fsp3) is 0.429. The van der Waals surface area contributed by atoms with E-state index in [-0.39, 0.29) is 35.4 Å². The molecule has 1 aliphatic rings. The lowest BCUT2D eigenvalue weighted by Gasteiger charge is -2.21. The number of nitrogens with zero attached hydrogens (tertiary/aromatic N) is 2. The van der Waals surface area contributed by atoms with Crippen LogP contribution in [0.3, 0.4) is 0 Å². The van der Waals surface area contributed by atoms with E-state index in [0.717, 1.165) is 0 Å². The summed E-state index contributed by atoms with van der Waals surface area (Å²) in [4.78, 5) is 34.7. The molecule has 1 aromatic rings. The summed E-state index contributed by atoms with van der Waals surface area (Å²) in [6.45, 7) is 0.320. The molecule has 0 radical (unpaired) electrons. The van der Waals surface area contributed by atoms with Gasteiger partial charge in [0, 0.05) is 17.6 Å². The Morgan fingerprint density at radius 1 is 1.48 bits per heavy atom. The average Bonchev–Trinajstić information content (AvgIpc) is 2.98. The molecule has 9 heteroatoms. The highest BCUT2D eigenvalue weighted by molar-refractivity contribution is 6.30. The number of benzene rings is 1. The molecule has 0 aliphatic carbocycles. The average molecular weight is 343 g/mol. The molecule has 0 spiro atoms. The van der Waals surface area contributed by atoms with Crippen molar-refractivity contribution in [2.75, 3.05) is 13.2 Å². The maximum Gasteiger partial charge on any atom is 0.326 e. The lowest BCUT2D eigenvalue weighted by Crippen LogP contribution is -2.40. The maximum absolute atomic E-state index is 12.1. The number of aliphatic carboxylic acids is 1. The van der Waals surface area contributed by atoms with E-state index < -0.39 is 16.9 Å². The summed E-state index contributed by atoms with van der Waals surface area (Å²) in [5.74, 6) is -1.35. The van der Waals surface area contributed by atoms with Crippen molar-refractivity contribution in [1.82, 2.24) is 4.90 Å². The van der Waals surface area contributed by atoms with Crippen molar-refractivity contribution < 1.29 is 24.4 Å². The SMILES string of the molecule is O=C(O)[C@@H]1CCCN1C(=O)CCOc1ccc(Cl)cc1[N+](=O)[O-]. The monoisotopic (exact) mass is 342 g/mol. The molecule has 8 nitrogen and oxygen atoms in total. The molecule has 1 N–H and O–H groups in total. The first-order valence-electron chi connectivity index (χ1n) is 6.99. The molecule has 1 amide bonds. The fourth-order valence-electron chi connectivity index (χ4n) is 2.47. The summed E-state index contributed by atoms with van der Waals surface area (Å²) in [6, 6.07) is 3.18. The van der Waals surface area contributed by atoms with Crippen LogP contribution < -0.4 is 4.74 Å². The summed E-state index contributed by atoms with van der Waals surface area (Å²) < 4.78 is 5.28. The summed E-state index contributed by atoms with van der Waals surface area (Å²) in [5, 5.41) is 20.2. The highest BCUT2D eigenvalue weighted by Gasteiger charge is 2.33. The predicted molar refractivity (Wildman–Crippen MR) is 80.6 cm³/mol. The van der Waals surface area contributed by atoms with E-state index in [2.05, 4.69) is 0 Å². The summed E-state index contributed by atoms with van der Waals surface area (Å²) in [6.07, 6.45) is 1.03. The number of rotatable bonds is 6. The van der Waals surface area contributed by atoms with Crippen LogP contribution in [-0.2, 0) is 9.59 Å². The van der Waals surface area contributed by atoms with Crippen molar-refractivity contribution >= 4 is 29.2 Å². The first-order chi connectivity index (χ1) is 10.9. The molecule has 2 rings (SSSR count). The number of ether oxygens (including phenoxy) is 1. The second-order valence-corrected chi connectivity index (χ2v) is 5.49. The van der Waals surface area contributed by atoms with Crippen LogP contribution >= 0.6 is 11.6 Å². The Kier molecular flexibility index (Phi) is 5.38. The molecule has 1 fully saturated rings. The van der Waals surface area contributed by atoms with Gasteiger partial charge in [-0.1, -0.05) is 11.6 Å². The zero-order valence-electron chi connectivity index (χ0n) is 12.1. The number of carboxylic acids is 1. The molecule has 124 valence electrons. The van der Waals surface area contributed by atoms with E-state index in [9.17, 15) is 19.7 Å². The van der Waals surface area contributed by atoms with Crippen LogP contribution in [0.4, 0.5) is 5.69 Å². The topological polar surface area (TPSA) is 110 Å². The third-order valence-corrected chi connectivity index (χ3v) is 3.78. The molecule has 0 aromatic heterocycles. The molecule has 1 aliphatic heterocycles. The highest BCUT2D eigenvalue weighted by atomic mass is 35.5. The number of halogens is 1. The lowest BCUT2D eigenvalue weighted by atomic mass is 10.2. The van der Waals surface area contributed by atoms with Gasteiger partial charge < -0.3 is 14.7 Å². The number of likely N-dealkylation sites (tertiary alicyclic amines) is 1. The fourth-order valence-corrected chi connectivity index (χ4v) is 2.64. The molecule has 1 heterocycles. The first-order valence-corrected chi connectivity index (χ1v) is 7.37. The Morgan fingerprint density at radius 2 is 2.22 bits per heavy atom. The van der Waals surface area contributed by atoms with Crippen molar-refractivity contribution in [1.29, 1.82) is 0 Å². The minimum absolute atomic E-state index is 0.0170. The van der Waals surface area contributed by atoms with Crippen LogP contribution in [0.5, 0.6) is 5.75 Å². The van der Waals surface area contributed by atoms with Gasteiger partial charge in [0.25, 0.3) is 0 Å². The highest BCUT2D eigenvalue weighted by Crippen LogP contribution is 2.30. The van der Waals surface area contributed by atoms with Crippen molar-refractivity contribution in [3.8, 4) is 5.75 Å². The van der Waals surface area contributed by atoms with E-state index in [1.807, 2.05) is 0 Å². The molecule has 23 heavy (non-hydrogen) atoms. The Bertz CT molecular complexity index is 636. The first kappa shape index (κ1) is 17.0. The minimum atomic E-state index is -1.02. The smallest absolute Gasteiger partial charge is 0.326 e. The number of carboxylic acid groups (broad SMARTS) is 1. The molecule has 1 saturated heterocycles. The lowest BCUT2D eigenvalue weighted by molar-refractivity contribution is -0.385. The Morgan fingerprint density at radius 3 is 2.87 bits per heavy atom. The number of nitro groups is 1. The summed E-state index contributed by atoms with van der Waals surface area (Å²) >= 11 is 5.70. The normalized spacial score (nSPS) is 17.1. The Balaban J connectivity index is 1.94. The molecule has 0 unspecified atom stereocenters. The van der Waals surface area contributed by atoms with Crippen molar-refractivity contribution in [3.05, 3.63) is 33.3 Å². The molecule has 0 bridgehead atoms. The molecule has 0 saturated carbocycles. The second-order valence-electron chi connectivity index (χ2n) is 5.05. The van der Waals surface area contributed by atoms with Crippen LogP contribution in [0.25, 0.3) is 0 Å². The molecule has 1 atom stereocenters. The number of amides is 1. The standard InChI is InChI=1S/C14H15ClN2O6/c15-9-3-4-12(11(8-9)17(21)22)23-7-5-13(18)16-6-1-2-10(16)14(19)20/h3-4,8,10H,1-2,5-7H2,(H,19,20)/t10-/m0/s1. The van der Waals surface area contributed by atoms with Gasteiger partial charge in [-0.15, -0.1) is 0 Å². The van der Waals surface area contributed by atoms with Crippen LogP contribution in [0.15, 0.2) is 18.2 Å². The Labute approximate surface area is 136 Å². The predicted octanol–water partition coefficient (Wildman–Crippen LogP) is 2.09. The van der Waals surface area contributed by atoms with E-state index >= 15 is 0 Å². The number of hydrogen-bond donors (Lipinski definition) is 1. The van der Waals surface area contributed by atoms with Gasteiger partial charge >= 0.3 is 11.7 Å². The molecular formula is C14H15ClN2O6. The van der Waals surface area contributed by atoms with Gasteiger partial charge in [-0.25, -0.2) is 4.79 Å². The largest absolute Gasteiger partial charge is 0.486 e. The quantitative estimate of drug-likeness (QED) is 0.626. The van der Waals surface area contributed by atoms with E-state index in [0.29, 0.717) is 19.4 Å². The maximum atomic E-state index is 12.1. The summed E-state index contributed by atoms with van der Waals surface area (Å²) in [5.41, 5.74) is -0.283. The number of carbonyl (C=O) groups is 2. The number of nitro benzene ring substituents is 1. The van der Waals surface area contributed by atoms with E-state index in [4.69, 9.17) is 21.4 Å². The zero-order chi connectivity index (χ0) is 17.0. The van der Waals surface area contributed by atoms with Gasteiger partial charge in [0.15, 0.2) is 5.75 Å². The van der Waals surface area contributed by atoms with Crippen LogP contribution in [0, 0.1) is 10.1 Å². The van der Waals surface area contributed by atoms with Crippen LogP contribution in [0.2, 0.25) is 5.02 Å². The zero-order valence-corrected chi connectivity index (χ0v) is 12.9. The number of carbonyl (C=O) groups excluding carboxylic acids is 1. The minimum Gasteiger partial charge on any atom is -0.486 e. The molecular weight excluding hydrogens is 328 g/mol. The second kappa shape index (κ2) is 7.28. The van der Waals surface area contributed by atoms with Crippen LogP contribution in [0.1, 0.15) is 19.3 Å². The van der Waals surface area contributed by atoms with Gasteiger partial charge in [-0.3, -0.25) is 14.9 Å². The van der Waals surface area contributed by atoms with E-state index in [1.165, 1.54) is 23.1 Å². The van der Waals surface area contributed by atoms with Gasteiger partial charge in [0.1, 0.15) is 6.04 Å². The van der Waals surface area contributed by atoms with Gasteiger partial charge in [-0.05, 0) is 25.0 Å².